The first kappa shape index (κ1) is 16.0. The number of carboxylic acid groups (broad SMARTS) is 1. The highest BCUT2D eigenvalue weighted by molar-refractivity contribution is 6.18. The molecular weight excluding hydrogens is 246 g/mol. The van der Waals surface area contributed by atoms with Gasteiger partial charge in [0.05, 0.1) is 5.88 Å². The summed E-state index contributed by atoms with van der Waals surface area (Å²) < 4.78 is 4.72. The van der Waals surface area contributed by atoms with E-state index in [1.165, 1.54) is 0 Å². The van der Waals surface area contributed by atoms with E-state index in [4.69, 9.17) is 21.4 Å². The molecule has 1 atom stereocenters. The van der Waals surface area contributed by atoms with Crippen LogP contribution in [0.15, 0.2) is 0 Å². The lowest BCUT2D eigenvalue weighted by molar-refractivity contribution is -0.138. The number of carbonyl (C=O) groups excluding carboxylic acids is 1. The summed E-state index contributed by atoms with van der Waals surface area (Å²) in [4.78, 5) is 21.8. The molecule has 0 spiro atoms. The zero-order chi connectivity index (χ0) is 13.3. The number of amides is 1. The number of halogens is 1. The molecule has 6 heteroatoms. The van der Waals surface area contributed by atoms with Crippen LogP contribution in [0, 0.1) is 11.8 Å². The van der Waals surface area contributed by atoms with E-state index in [1.807, 2.05) is 13.8 Å². The van der Waals surface area contributed by atoms with Crippen molar-refractivity contribution in [2.24, 2.45) is 11.8 Å². The molecule has 5 nitrogen and oxygen atoms in total. The van der Waals surface area contributed by atoms with Crippen LogP contribution in [0.1, 0.15) is 26.7 Å². The fraction of sp³-hybridized carbons (Fsp3) is 0.818. The smallest absolute Gasteiger partial charge is 0.407 e. The number of alkyl halides is 1. The van der Waals surface area contributed by atoms with Crippen molar-refractivity contribution in [3.63, 3.8) is 0 Å². The highest BCUT2D eigenvalue weighted by Crippen LogP contribution is 2.14. The minimum Gasteiger partial charge on any atom is -0.481 e. The second kappa shape index (κ2) is 9.10. The van der Waals surface area contributed by atoms with Gasteiger partial charge in [-0.1, -0.05) is 13.8 Å². The lowest BCUT2D eigenvalue weighted by atomic mass is 9.94. The van der Waals surface area contributed by atoms with Crippen LogP contribution in [0.5, 0.6) is 0 Å². The molecule has 0 aromatic carbocycles. The van der Waals surface area contributed by atoms with Crippen molar-refractivity contribution in [1.29, 1.82) is 0 Å². The summed E-state index contributed by atoms with van der Waals surface area (Å²) in [6.07, 6.45) is 0.251. The Morgan fingerprint density at radius 2 is 2.06 bits per heavy atom. The molecule has 100 valence electrons. The normalized spacial score (nSPS) is 12.2. The van der Waals surface area contributed by atoms with Gasteiger partial charge in [-0.25, -0.2) is 4.79 Å². The van der Waals surface area contributed by atoms with Crippen LogP contribution in [0.4, 0.5) is 4.79 Å². The summed E-state index contributed by atoms with van der Waals surface area (Å²) in [6.45, 7) is 4.49. The van der Waals surface area contributed by atoms with E-state index in [-0.39, 0.29) is 24.8 Å². The van der Waals surface area contributed by atoms with Crippen molar-refractivity contribution in [1.82, 2.24) is 5.32 Å². The van der Waals surface area contributed by atoms with E-state index in [0.717, 1.165) is 6.42 Å². The predicted octanol–water partition coefficient (Wildman–Crippen LogP) is 2.09. The van der Waals surface area contributed by atoms with E-state index in [9.17, 15) is 9.59 Å². The quantitative estimate of drug-likeness (QED) is 0.659. The number of ether oxygens (including phenoxy) is 1. The maximum atomic E-state index is 11.1. The number of carboxylic acids is 1. The van der Waals surface area contributed by atoms with Crippen molar-refractivity contribution in [2.75, 3.05) is 19.0 Å². The molecule has 0 rings (SSSR count). The van der Waals surface area contributed by atoms with Crippen LogP contribution in [0.25, 0.3) is 0 Å². The Morgan fingerprint density at radius 1 is 1.41 bits per heavy atom. The van der Waals surface area contributed by atoms with E-state index < -0.39 is 12.1 Å². The van der Waals surface area contributed by atoms with Crippen LogP contribution >= 0.6 is 11.6 Å². The topological polar surface area (TPSA) is 75.6 Å². The molecule has 0 aromatic rings. The average molecular weight is 266 g/mol. The molecule has 0 bridgehead atoms. The molecule has 0 aromatic heterocycles. The van der Waals surface area contributed by atoms with Gasteiger partial charge < -0.3 is 15.2 Å². The molecule has 0 saturated heterocycles. The zero-order valence-corrected chi connectivity index (χ0v) is 11.0. The first-order chi connectivity index (χ1) is 7.95. The number of hydrogen-bond donors (Lipinski definition) is 2. The Balaban J connectivity index is 3.97. The van der Waals surface area contributed by atoms with Gasteiger partial charge in [0.25, 0.3) is 0 Å². The molecule has 0 saturated carbocycles. The van der Waals surface area contributed by atoms with Gasteiger partial charge in [0.15, 0.2) is 0 Å². The van der Waals surface area contributed by atoms with Crippen molar-refractivity contribution in [3.8, 4) is 0 Å². The molecule has 1 amide bonds. The Kier molecular flexibility index (Phi) is 8.58. The Hall–Kier alpha value is -0.970. The van der Waals surface area contributed by atoms with Gasteiger partial charge in [0, 0.05) is 13.0 Å². The number of alkyl carbamates (subject to hydrolysis) is 1. The minimum absolute atomic E-state index is 0.0496. The van der Waals surface area contributed by atoms with Crippen LogP contribution in [-0.2, 0) is 9.53 Å². The van der Waals surface area contributed by atoms with Gasteiger partial charge in [0.2, 0.25) is 0 Å². The largest absolute Gasteiger partial charge is 0.481 e. The number of aliphatic carboxylic acids is 1. The van der Waals surface area contributed by atoms with Crippen LogP contribution in [0.3, 0.4) is 0 Å². The van der Waals surface area contributed by atoms with Gasteiger partial charge in [-0.15, -0.1) is 11.6 Å². The number of nitrogens with one attached hydrogen (secondary N) is 1. The predicted molar refractivity (Wildman–Crippen MR) is 65.3 cm³/mol. The summed E-state index contributed by atoms with van der Waals surface area (Å²) in [6, 6.07) is 0. The van der Waals surface area contributed by atoms with Crippen LogP contribution in [0.2, 0.25) is 0 Å². The SMILES string of the molecule is CC(C)CC(CNC(=O)OCCCl)CC(=O)O. The zero-order valence-electron chi connectivity index (χ0n) is 10.2. The molecule has 0 heterocycles. The number of carbonyl (C=O) groups is 2. The van der Waals surface area contributed by atoms with Gasteiger partial charge in [-0.2, -0.15) is 0 Å². The molecule has 17 heavy (non-hydrogen) atoms. The molecule has 0 radical (unpaired) electrons. The van der Waals surface area contributed by atoms with Crippen molar-refractivity contribution in [3.05, 3.63) is 0 Å². The second-order valence-electron chi connectivity index (χ2n) is 4.30. The summed E-state index contributed by atoms with van der Waals surface area (Å²) in [5.74, 6) is -0.291. The van der Waals surface area contributed by atoms with Gasteiger partial charge in [-0.05, 0) is 18.3 Å². The average Bonchev–Trinajstić information content (AvgIpc) is 2.21. The van der Waals surface area contributed by atoms with Crippen molar-refractivity contribution >= 4 is 23.7 Å². The third-order valence-corrected chi connectivity index (χ3v) is 2.27. The molecule has 0 aliphatic rings. The first-order valence-corrected chi connectivity index (χ1v) is 6.17. The van der Waals surface area contributed by atoms with E-state index in [2.05, 4.69) is 5.32 Å². The lowest BCUT2D eigenvalue weighted by Crippen LogP contribution is -2.31. The first-order valence-electron chi connectivity index (χ1n) is 5.64. The third-order valence-electron chi connectivity index (χ3n) is 2.11. The number of rotatable bonds is 8. The molecule has 1 unspecified atom stereocenters. The second-order valence-corrected chi connectivity index (χ2v) is 4.68. The van der Waals surface area contributed by atoms with Gasteiger partial charge >= 0.3 is 12.1 Å². The fourth-order valence-corrected chi connectivity index (χ4v) is 1.64. The minimum atomic E-state index is -0.855. The summed E-state index contributed by atoms with van der Waals surface area (Å²) in [7, 11) is 0. The van der Waals surface area contributed by atoms with E-state index in [1.54, 1.807) is 0 Å². The Morgan fingerprint density at radius 3 is 2.53 bits per heavy atom. The monoisotopic (exact) mass is 265 g/mol. The molecule has 0 fully saturated rings. The maximum Gasteiger partial charge on any atom is 0.407 e. The van der Waals surface area contributed by atoms with Gasteiger partial charge in [-0.3, -0.25) is 4.79 Å². The molecule has 0 aliphatic heterocycles. The highest BCUT2D eigenvalue weighted by atomic mass is 35.5. The summed E-state index contributed by atoms with van der Waals surface area (Å²) >= 11 is 5.36. The van der Waals surface area contributed by atoms with Crippen molar-refractivity contribution < 1.29 is 19.4 Å². The highest BCUT2D eigenvalue weighted by Gasteiger charge is 2.16. The van der Waals surface area contributed by atoms with Gasteiger partial charge in [0.1, 0.15) is 6.61 Å². The van der Waals surface area contributed by atoms with Crippen LogP contribution < -0.4 is 5.32 Å². The third kappa shape index (κ3) is 9.93. The van der Waals surface area contributed by atoms with Crippen LogP contribution in [-0.4, -0.2) is 36.2 Å². The Bertz CT molecular complexity index is 246. The summed E-state index contributed by atoms with van der Waals surface area (Å²) in [5, 5.41) is 11.3. The molecule has 2 N–H and O–H groups in total. The lowest BCUT2D eigenvalue weighted by Gasteiger charge is -2.17. The van der Waals surface area contributed by atoms with E-state index in [0.29, 0.717) is 12.5 Å². The van der Waals surface area contributed by atoms with Crippen molar-refractivity contribution in [2.45, 2.75) is 26.7 Å². The Labute approximate surface area is 106 Å². The number of hydrogen-bond acceptors (Lipinski definition) is 3. The molecule has 0 aliphatic carbocycles. The standard InChI is InChI=1S/C11H20ClNO4/c1-8(2)5-9(6-10(14)15)7-13-11(16)17-4-3-12/h8-9H,3-7H2,1-2H3,(H,13,16)(H,14,15). The molecular formula is C11H20ClNO4. The fourth-order valence-electron chi connectivity index (χ4n) is 1.56. The summed E-state index contributed by atoms with van der Waals surface area (Å²) in [5.41, 5.74) is 0. The van der Waals surface area contributed by atoms with E-state index >= 15 is 0 Å². The maximum absolute atomic E-state index is 11.1.